The predicted molar refractivity (Wildman–Crippen MR) is 82.1 cm³/mol. The minimum Gasteiger partial charge on any atom is -0.373 e. The number of hydrogen-bond acceptors (Lipinski definition) is 3. The second-order valence-corrected chi connectivity index (χ2v) is 6.29. The Morgan fingerprint density at radius 2 is 2.20 bits per heavy atom. The van der Waals surface area contributed by atoms with Crippen molar-refractivity contribution in [1.82, 2.24) is 10.2 Å². The molecule has 3 unspecified atom stereocenters. The van der Waals surface area contributed by atoms with Crippen LogP contribution >= 0.6 is 0 Å². The van der Waals surface area contributed by atoms with E-state index >= 15 is 0 Å². The van der Waals surface area contributed by atoms with Crippen LogP contribution in [-0.2, 0) is 4.74 Å². The van der Waals surface area contributed by atoms with Crippen molar-refractivity contribution in [3.05, 3.63) is 34.9 Å². The molecule has 20 heavy (non-hydrogen) atoms. The van der Waals surface area contributed by atoms with Crippen molar-refractivity contribution in [2.75, 3.05) is 26.7 Å². The summed E-state index contributed by atoms with van der Waals surface area (Å²) in [6.45, 7) is 7.55. The van der Waals surface area contributed by atoms with E-state index in [0.717, 1.165) is 13.2 Å². The van der Waals surface area contributed by atoms with Crippen LogP contribution in [0.4, 0.5) is 0 Å². The number of nitrogens with zero attached hydrogens (tertiary/aromatic N) is 1. The summed E-state index contributed by atoms with van der Waals surface area (Å²) in [5.74, 6) is 0. The van der Waals surface area contributed by atoms with E-state index in [4.69, 9.17) is 4.74 Å². The molecular formula is C17H26N2O. The monoisotopic (exact) mass is 274 g/mol. The third-order valence-electron chi connectivity index (χ3n) is 4.86. The highest BCUT2D eigenvalue weighted by Gasteiger charge is 2.36. The number of likely N-dealkylation sites (N-methyl/N-ethyl adjacent to an activating group) is 1. The first-order chi connectivity index (χ1) is 9.69. The zero-order chi connectivity index (χ0) is 14.1. The van der Waals surface area contributed by atoms with E-state index in [9.17, 15) is 0 Å². The molecule has 2 saturated heterocycles. The molecule has 2 aliphatic heterocycles. The third kappa shape index (κ3) is 2.62. The molecule has 1 N–H and O–H groups in total. The van der Waals surface area contributed by atoms with E-state index in [1.165, 1.54) is 36.1 Å². The first-order valence-electron chi connectivity index (χ1n) is 7.79. The minimum absolute atomic E-state index is 0.260. The van der Waals surface area contributed by atoms with E-state index < -0.39 is 0 Å². The lowest BCUT2D eigenvalue weighted by molar-refractivity contribution is -0.0643. The fourth-order valence-corrected chi connectivity index (χ4v) is 3.76. The molecule has 1 aromatic rings. The van der Waals surface area contributed by atoms with Gasteiger partial charge in [-0.05, 0) is 51.4 Å². The molecule has 1 aromatic carbocycles. The lowest BCUT2D eigenvalue weighted by Crippen LogP contribution is -2.50. The third-order valence-corrected chi connectivity index (χ3v) is 4.86. The molecule has 0 aromatic heterocycles. The predicted octanol–water partition coefficient (Wildman–Crippen LogP) is 2.43. The second-order valence-electron chi connectivity index (χ2n) is 6.29. The van der Waals surface area contributed by atoms with Crippen molar-refractivity contribution in [3.63, 3.8) is 0 Å². The SMILES string of the molecule is CNC(c1ccc(C)cc1C)C1CN2CCCC2CO1. The summed E-state index contributed by atoms with van der Waals surface area (Å²) in [5.41, 5.74) is 4.06. The van der Waals surface area contributed by atoms with Crippen molar-refractivity contribution in [2.45, 2.75) is 44.9 Å². The summed E-state index contributed by atoms with van der Waals surface area (Å²) < 4.78 is 6.18. The average Bonchev–Trinajstić information content (AvgIpc) is 2.89. The minimum atomic E-state index is 0.260. The Kier molecular flexibility index (Phi) is 4.11. The number of rotatable bonds is 3. The van der Waals surface area contributed by atoms with Crippen molar-refractivity contribution < 1.29 is 4.74 Å². The van der Waals surface area contributed by atoms with Gasteiger partial charge in [-0.15, -0.1) is 0 Å². The molecule has 3 heteroatoms. The van der Waals surface area contributed by atoms with Crippen LogP contribution in [0.3, 0.4) is 0 Å². The Balaban J connectivity index is 1.79. The topological polar surface area (TPSA) is 24.5 Å². The smallest absolute Gasteiger partial charge is 0.0897 e. The number of fused-ring (bicyclic) bond motifs is 1. The van der Waals surface area contributed by atoms with Crippen LogP contribution < -0.4 is 5.32 Å². The van der Waals surface area contributed by atoms with Gasteiger partial charge in [0.2, 0.25) is 0 Å². The molecule has 0 aliphatic carbocycles. The first kappa shape index (κ1) is 14.1. The van der Waals surface area contributed by atoms with Gasteiger partial charge in [-0.1, -0.05) is 23.8 Å². The summed E-state index contributed by atoms with van der Waals surface area (Å²) in [6.07, 6.45) is 2.89. The maximum atomic E-state index is 6.18. The summed E-state index contributed by atoms with van der Waals surface area (Å²) in [4.78, 5) is 2.61. The molecule has 0 bridgehead atoms. The molecule has 3 nitrogen and oxygen atoms in total. The van der Waals surface area contributed by atoms with E-state index in [-0.39, 0.29) is 12.1 Å². The average molecular weight is 274 g/mol. The van der Waals surface area contributed by atoms with E-state index in [2.05, 4.69) is 42.3 Å². The molecule has 0 saturated carbocycles. The first-order valence-corrected chi connectivity index (χ1v) is 7.79. The van der Waals surface area contributed by atoms with Crippen LogP contribution in [0.15, 0.2) is 18.2 Å². The lowest BCUT2D eigenvalue weighted by Gasteiger charge is -2.39. The van der Waals surface area contributed by atoms with Crippen molar-refractivity contribution in [3.8, 4) is 0 Å². The number of nitrogens with one attached hydrogen (secondary N) is 1. The van der Waals surface area contributed by atoms with Gasteiger partial charge in [0.05, 0.1) is 18.8 Å². The van der Waals surface area contributed by atoms with Crippen molar-refractivity contribution in [2.24, 2.45) is 0 Å². The van der Waals surface area contributed by atoms with Gasteiger partial charge in [0.1, 0.15) is 0 Å². The molecular weight excluding hydrogens is 248 g/mol. The Morgan fingerprint density at radius 1 is 1.35 bits per heavy atom. The molecule has 2 aliphatic rings. The lowest BCUT2D eigenvalue weighted by atomic mass is 9.94. The second kappa shape index (κ2) is 5.84. The zero-order valence-corrected chi connectivity index (χ0v) is 12.9. The summed E-state index contributed by atoms with van der Waals surface area (Å²) in [6, 6.07) is 7.68. The summed E-state index contributed by atoms with van der Waals surface area (Å²) in [7, 11) is 2.05. The van der Waals surface area contributed by atoms with Gasteiger partial charge in [-0.2, -0.15) is 0 Å². The number of benzene rings is 1. The van der Waals surface area contributed by atoms with E-state index in [1.807, 2.05) is 7.05 Å². The molecule has 3 atom stereocenters. The number of ether oxygens (including phenoxy) is 1. The van der Waals surface area contributed by atoms with Crippen LogP contribution in [-0.4, -0.2) is 43.8 Å². The van der Waals surface area contributed by atoms with Crippen LogP contribution in [0.2, 0.25) is 0 Å². The standard InChI is InChI=1S/C17H26N2O/c1-12-6-7-15(13(2)9-12)17(18-3)16-10-19-8-4-5-14(19)11-20-16/h6-7,9,14,16-18H,4-5,8,10-11H2,1-3H3. The quantitative estimate of drug-likeness (QED) is 0.916. The Morgan fingerprint density at radius 3 is 2.95 bits per heavy atom. The molecule has 0 radical (unpaired) electrons. The normalized spacial score (nSPS) is 28.4. The fraction of sp³-hybridized carbons (Fsp3) is 0.647. The number of hydrogen-bond donors (Lipinski definition) is 1. The fourth-order valence-electron chi connectivity index (χ4n) is 3.76. The largest absolute Gasteiger partial charge is 0.373 e. The highest BCUT2D eigenvalue weighted by atomic mass is 16.5. The highest BCUT2D eigenvalue weighted by Crippen LogP contribution is 2.30. The van der Waals surface area contributed by atoms with Gasteiger partial charge in [0, 0.05) is 12.6 Å². The summed E-state index contributed by atoms with van der Waals surface area (Å²) in [5, 5.41) is 3.48. The van der Waals surface area contributed by atoms with E-state index in [0.29, 0.717) is 6.04 Å². The van der Waals surface area contributed by atoms with Crippen LogP contribution in [0.5, 0.6) is 0 Å². The molecule has 2 fully saturated rings. The van der Waals surface area contributed by atoms with Crippen LogP contribution in [0, 0.1) is 13.8 Å². The molecule has 0 spiro atoms. The van der Waals surface area contributed by atoms with Gasteiger partial charge >= 0.3 is 0 Å². The maximum Gasteiger partial charge on any atom is 0.0897 e. The Bertz CT molecular complexity index is 474. The van der Waals surface area contributed by atoms with Crippen LogP contribution in [0.1, 0.15) is 35.6 Å². The number of morpholine rings is 1. The number of aryl methyl sites for hydroxylation is 2. The Hall–Kier alpha value is -0.900. The van der Waals surface area contributed by atoms with Gasteiger partial charge in [-0.25, -0.2) is 0 Å². The molecule has 0 amide bonds. The van der Waals surface area contributed by atoms with Gasteiger partial charge in [0.15, 0.2) is 0 Å². The van der Waals surface area contributed by atoms with Gasteiger partial charge in [-0.3, -0.25) is 4.90 Å². The Labute approximate surface area is 122 Å². The molecule has 110 valence electrons. The zero-order valence-electron chi connectivity index (χ0n) is 12.9. The maximum absolute atomic E-state index is 6.18. The molecule has 2 heterocycles. The highest BCUT2D eigenvalue weighted by molar-refractivity contribution is 5.33. The summed E-state index contributed by atoms with van der Waals surface area (Å²) >= 11 is 0. The van der Waals surface area contributed by atoms with Gasteiger partial charge in [0.25, 0.3) is 0 Å². The molecule has 3 rings (SSSR count). The van der Waals surface area contributed by atoms with Crippen LogP contribution in [0.25, 0.3) is 0 Å². The van der Waals surface area contributed by atoms with Crippen molar-refractivity contribution in [1.29, 1.82) is 0 Å². The van der Waals surface area contributed by atoms with Gasteiger partial charge < -0.3 is 10.1 Å². The van der Waals surface area contributed by atoms with E-state index in [1.54, 1.807) is 0 Å². The van der Waals surface area contributed by atoms with Crippen molar-refractivity contribution >= 4 is 0 Å².